The molecule has 1 aliphatic carbocycles. The molecule has 0 amide bonds. The van der Waals surface area contributed by atoms with E-state index in [1.54, 1.807) is 0 Å². The maximum absolute atomic E-state index is 9.78. The number of benzene rings is 1. The predicted octanol–water partition coefficient (Wildman–Crippen LogP) is 5.47. The summed E-state index contributed by atoms with van der Waals surface area (Å²) in [6, 6.07) is 4.58. The first-order valence-corrected chi connectivity index (χ1v) is 9.37. The van der Waals surface area contributed by atoms with Gasteiger partial charge in [-0.3, -0.25) is 0 Å². The summed E-state index contributed by atoms with van der Waals surface area (Å²) >= 11 is 6.80. The molecule has 1 saturated carbocycles. The summed E-state index contributed by atoms with van der Waals surface area (Å²) < 4.78 is 1.48. The Morgan fingerprint density at radius 3 is 2.43 bits per heavy atom. The number of hydrogen-bond acceptors (Lipinski definition) is 2. The number of aromatic hydroxyl groups is 1. The number of halogens is 2. The van der Waals surface area contributed by atoms with Crippen LogP contribution in [0.2, 0.25) is 0 Å². The summed E-state index contributed by atoms with van der Waals surface area (Å²) in [5.74, 6) is 2.58. The third-order valence-electron chi connectivity index (χ3n) is 4.67. The highest BCUT2D eigenvalue weighted by atomic mass is 79.9. The molecule has 1 aromatic carbocycles. The van der Waals surface area contributed by atoms with Gasteiger partial charge in [-0.1, -0.05) is 27.2 Å². The fourth-order valence-corrected chi connectivity index (χ4v) is 4.69. The van der Waals surface area contributed by atoms with Gasteiger partial charge in [0.2, 0.25) is 0 Å². The van der Waals surface area contributed by atoms with E-state index in [1.807, 2.05) is 12.1 Å². The topological polar surface area (TPSA) is 32.3 Å². The first-order valence-electron chi connectivity index (χ1n) is 7.78. The van der Waals surface area contributed by atoms with Gasteiger partial charge in [-0.05, 0) is 80.2 Å². The molecule has 1 fully saturated rings. The molecule has 118 valence electrons. The molecule has 0 radical (unpaired) electrons. The maximum atomic E-state index is 9.78. The van der Waals surface area contributed by atoms with Crippen molar-refractivity contribution in [3.05, 3.63) is 26.6 Å². The minimum absolute atomic E-state index is 0.269. The van der Waals surface area contributed by atoms with E-state index in [9.17, 15) is 5.11 Å². The Balaban J connectivity index is 2.03. The molecule has 3 atom stereocenters. The second-order valence-corrected chi connectivity index (χ2v) is 8.43. The molecule has 2 N–H and O–H groups in total. The fourth-order valence-electron chi connectivity index (χ4n) is 3.41. The molecule has 21 heavy (non-hydrogen) atoms. The Labute approximate surface area is 145 Å². The Hall–Kier alpha value is -0.0600. The number of nitrogens with one attached hydrogen (secondary N) is 1. The van der Waals surface area contributed by atoms with Gasteiger partial charge in [0.1, 0.15) is 5.75 Å². The molecule has 0 saturated heterocycles. The van der Waals surface area contributed by atoms with Gasteiger partial charge in [0.05, 0.1) is 8.95 Å². The maximum Gasteiger partial charge on any atom is 0.143 e. The van der Waals surface area contributed by atoms with Gasteiger partial charge in [-0.25, -0.2) is 0 Å². The number of rotatable bonds is 4. The van der Waals surface area contributed by atoms with Gasteiger partial charge < -0.3 is 10.4 Å². The Bertz CT molecular complexity index is 467. The van der Waals surface area contributed by atoms with Crippen LogP contribution < -0.4 is 5.32 Å². The largest absolute Gasteiger partial charge is 0.506 e. The molecule has 0 heterocycles. The Morgan fingerprint density at radius 2 is 1.86 bits per heavy atom. The van der Waals surface area contributed by atoms with Crippen molar-refractivity contribution in [2.24, 2.45) is 17.8 Å². The molecule has 2 rings (SSSR count). The average molecular weight is 419 g/mol. The molecule has 1 aliphatic rings. The molecule has 0 spiro atoms. The number of phenols is 1. The molecular formula is C17H25Br2NO. The number of phenolic OH excluding ortho intramolecular Hbond substituents is 1. The SMILES string of the molecule is CC1CCC(C(C)C)C(NCc2cc(Br)c(O)c(Br)c2)C1. The summed E-state index contributed by atoms with van der Waals surface area (Å²) in [6.07, 6.45) is 3.96. The lowest BCUT2D eigenvalue weighted by Crippen LogP contribution is -2.42. The van der Waals surface area contributed by atoms with Crippen molar-refractivity contribution in [1.82, 2.24) is 5.32 Å². The fraction of sp³-hybridized carbons (Fsp3) is 0.647. The van der Waals surface area contributed by atoms with Gasteiger partial charge in [0.15, 0.2) is 0 Å². The van der Waals surface area contributed by atoms with Crippen molar-refractivity contribution in [1.29, 1.82) is 0 Å². The summed E-state index contributed by atoms with van der Waals surface area (Å²) in [5, 5.41) is 13.5. The molecular weight excluding hydrogens is 394 g/mol. The zero-order valence-electron chi connectivity index (χ0n) is 13.0. The molecule has 0 aromatic heterocycles. The summed E-state index contributed by atoms with van der Waals surface area (Å²) in [7, 11) is 0. The van der Waals surface area contributed by atoms with Crippen molar-refractivity contribution in [3.8, 4) is 5.75 Å². The van der Waals surface area contributed by atoms with Crippen molar-refractivity contribution in [2.75, 3.05) is 0 Å². The van der Waals surface area contributed by atoms with Gasteiger partial charge in [-0.2, -0.15) is 0 Å². The minimum Gasteiger partial charge on any atom is -0.506 e. The van der Waals surface area contributed by atoms with Gasteiger partial charge in [-0.15, -0.1) is 0 Å². The van der Waals surface area contributed by atoms with E-state index in [0.29, 0.717) is 6.04 Å². The lowest BCUT2D eigenvalue weighted by atomic mass is 9.74. The molecule has 3 unspecified atom stereocenters. The first kappa shape index (κ1) is 17.3. The third kappa shape index (κ3) is 4.46. The van der Waals surface area contributed by atoms with Crippen molar-refractivity contribution < 1.29 is 5.11 Å². The smallest absolute Gasteiger partial charge is 0.143 e. The first-order chi connectivity index (χ1) is 9.88. The lowest BCUT2D eigenvalue weighted by molar-refractivity contribution is 0.169. The number of hydrogen-bond donors (Lipinski definition) is 2. The van der Waals surface area contributed by atoms with Crippen molar-refractivity contribution in [3.63, 3.8) is 0 Å². The summed E-state index contributed by atoms with van der Waals surface area (Å²) in [6.45, 7) is 7.88. The minimum atomic E-state index is 0.269. The van der Waals surface area contributed by atoms with Gasteiger partial charge >= 0.3 is 0 Å². The summed E-state index contributed by atoms with van der Waals surface area (Å²) in [4.78, 5) is 0. The van der Waals surface area contributed by atoms with Crippen LogP contribution in [-0.2, 0) is 6.54 Å². The predicted molar refractivity (Wildman–Crippen MR) is 95.5 cm³/mol. The average Bonchev–Trinajstić information content (AvgIpc) is 2.42. The zero-order chi connectivity index (χ0) is 15.6. The second kappa shape index (κ2) is 7.47. The summed E-state index contributed by atoms with van der Waals surface area (Å²) in [5.41, 5.74) is 1.19. The van der Waals surface area contributed by atoms with Crippen LogP contribution in [0.4, 0.5) is 0 Å². The normalized spacial score (nSPS) is 26.3. The molecule has 0 aliphatic heterocycles. The van der Waals surface area contributed by atoms with Gasteiger partial charge in [0.25, 0.3) is 0 Å². The van der Waals surface area contributed by atoms with Crippen LogP contribution in [0.1, 0.15) is 45.6 Å². The molecule has 0 bridgehead atoms. The molecule has 4 heteroatoms. The van der Waals surface area contributed by atoms with E-state index in [1.165, 1.54) is 24.8 Å². The highest BCUT2D eigenvalue weighted by Gasteiger charge is 2.30. The van der Waals surface area contributed by atoms with Crippen LogP contribution in [0.15, 0.2) is 21.1 Å². The van der Waals surface area contributed by atoms with Crippen molar-refractivity contribution in [2.45, 2.75) is 52.6 Å². The van der Waals surface area contributed by atoms with Crippen LogP contribution in [-0.4, -0.2) is 11.1 Å². The monoisotopic (exact) mass is 417 g/mol. The van der Waals surface area contributed by atoms with E-state index in [0.717, 1.165) is 33.2 Å². The van der Waals surface area contributed by atoms with E-state index >= 15 is 0 Å². The quantitative estimate of drug-likeness (QED) is 0.679. The van der Waals surface area contributed by atoms with Crippen molar-refractivity contribution >= 4 is 31.9 Å². The third-order valence-corrected chi connectivity index (χ3v) is 5.88. The van der Waals surface area contributed by atoms with E-state index < -0.39 is 0 Å². The van der Waals surface area contributed by atoms with Crippen LogP contribution in [0.3, 0.4) is 0 Å². The second-order valence-electron chi connectivity index (χ2n) is 6.72. The highest BCUT2D eigenvalue weighted by molar-refractivity contribution is 9.11. The van der Waals surface area contributed by atoms with Gasteiger partial charge in [0, 0.05) is 12.6 Å². The van der Waals surface area contributed by atoms with Crippen LogP contribution in [0, 0.1) is 17.8 Å². The zero-order valence-corrected chi connectivity index (χ0v) is 16.2. The highest BCUT2D eigenvalue weighted by Crippen LogP contribution is 2.35. The Morgan fingerprint density at radius 1 is 1.24 bits per heavy atom. The Kier molecular flexibility index (Phi) is 6.15. The van der Waals surface area contributed by atoms with E-state index in [-0.39, 0.29) is 5.75 Å². The van der Waals surface area contributed by atoms with E-state index in [4.69, 9.17) is 0 Å². The van der Waals surface area contributed by atoms with Crippen LogP contribution in [0.25, 0.3) is 0 Å². The molecule has 1 aromatic rings. The molecule has 2 nitrogen and oxygen atoms in total. The standard InChI is InChI=1S/C17H25Br2NO/c1-10(2)13-5-4-11(3)6-16(13)20-9-12-7-14(18)17(21)15(19)8-12/h7-8,10-11,13,16,20-21H,4-6,9H2,1-3H3. The van der Waals surface area contributed by atoms with E-state index in [2.05, 4.69) is 57.9 Å². The lowest BCUT2D eigenvalue weighted by Gasteiger charge is -2.38. The van der Waals surface area contributed by atoms with Crippen LogP contribution >= 0.6 is 31.9 Å². The van der Waals surface area contributed by atoms with Crippen LogP contribution in [0.5, 0.6) is 5.75 Å².